The van der Waals surface area contributed by atoms with Gasteiger partial charge in [0.25, 0.3) is 0 Å². The summed E-state index contributed by atoms with van der Waals surface area (Å²) in [6, 6.07) is 1.96. The monoisotopic (exact) mass is 396 g/mol. The summed E-state index contributed by atoms with van der Waals surface area (Å²) in [4.78, 5) is 13.3. The smallest absolute Gasteiger partial charge is 0.316 e. The van der Waals surface area contributed by atoms with Gasteiger partial charge < -0.3 is 4.74 Å². The van der Waals surface area contributed by atoms with Crippen LogP contribution in [0.5, 0.6) is 0 Å². The van der Waals surface area contributed by atoms with Crippen molar-refractivity contribution in [1.29, 1.82) is 0 Å². The zero-order chi connectivity index (χ0) is 20.2. The van der Waals surface area contributed by atoms with Crippen LogP contribution in [-0.4, -0.2) is 12.6 Å². The Hall–Kier alpha value is -1.52. The quantitative estimate of drug-likeness (QED) is 0.400. The standard InChI is InChI=1S/C23H31F3O2/c1-2-9-22(10-5-3-6-11-22)16-28-21(27)23(12-7-4-8-13-23)17-14-18(24)20(26)19(25)15-17/h14-15H,2-13,16H2,1H3. The van der Waals surface area contributed by atoms with Crippen LogP contribution >= 0.6 is 0 Å². The van der Waals surface area contributed by atoms with E-state index in [0.29, 0.717) is 19.4 Å². The van der Waals surface area contributed by atoms with Crippen LogP contribution in [0.25, 0.3) is 0 Å². The molecule has 0 N–H and O–H groups in total. The van der Waals surface area contributed by atoms with Crippen LogP contribution in [0.1, 0.15) is 89.5 Å². The highest BCUT2D eigenvalue weighted by Crippen LogP contribution is 2.44. The lowest BCUT2D eigenvalue weighted by Crippen LogP contribution is -2.42. The summed E-state index contributed by atoms with van der Waals surface area (Å²) in [7, 11) is 0. The summed E-state index contributed by atoms with van der Waals surface area (Å²) in [6.45, 7) is 2.51. The highest BCUT2D eigenvalue weighted by atomic mass is 19.2. The second-order valence-corrected chi connectivity index (χ2v) is 8.78. The van der Waals surface area contributed by atoms with Gasteiger partial charge in [0.05, 0.1) is 12.0 Å². The Balaban J connectivity index is 1.84. The van der Waals surface area contributed by atoms with Gasteiger partial charge in [0.15, 0.2) is 17.5 Å². The molecule has 0 aromatic heterocycles. The van der Waals surface area contributed by atoms with E-state index >= 15 is 0 Å². The van der Waals surface area contributed by atoms with E-state index in [0.717, 1.165) is 69.9 Å². The number of ether oxygens (including phenoxy) is 1. The summed E-state index contributed by atoms with van der Waals surface area (Å²) in [5.41, 5.74) is -0.838. The zero-order valence-electron chi connectivity index (χ0n) is 16.8. The van der Waals surface area contributed by atoms with Gasteiger partial charge in [-0.1, -0.05) is 51.9 Å². The molecule has 3 rings (SSSR count). The predicted octanol–water partition coefficient (Wildman–Crippen LogP) is 6.60. The van der Waals surface area contributed by atoms with Crippen molar-refractivity contribution in [2.45, 2.75) is 89.4 Å². The fraction of sp³-hybridized carbons (Fsp3) is 0.696. The molecule has 0 spiro atoms. The summed E-state index contributed by atoms with van der Waals surface area (Å²) >= 11 is 0. The summed E-state index contributed by atoms with van der Waals surface area (Å²) in [5, 5.41) is 0. The van der Waals surface area contributed by atoms with E-state index in [1.807, 2.05) is 0 Å². The van der Waals surface area contributed by atoms with Crippen molar-refractivity contribution < 1.29 is 22.7 Å². The van der Waals surface area contributed by atoms with Gasteiger partial charge in [-0.2, -0.15) is 0 Å². The van der Waals surface area contributed by atoms with Crippen molar-refractivity contribution in [3.05, 3.63) is 35.1 Å². The SMILES string of the molecule is CCCC1(COC(=O)C2(c3cc(F)c(F)c(F)c3)CCCCC2)CCCCC1. The van der Waals surface area contributed by atoms with Crippen molar-refractivity contribution in [3.63, 3.8) is 0 Å². The minimum atomic E-state index is -1.49. The van der Waals surface area contributed by atoms with Crippen molar-refractivity contribution in [3.8, 4) is 0 Å². The number of carbonyl (C=O) groups excluding carboxylic acids is 1. The third-order valence-electron chi connectivity index (χ3n) is 6.84. The summed E-state index contributed by atoms with van der Waals surface area (Å²) < 4.78 is 47.1. The molecule has 28 heavy (non-hydrogen) atoms. The maximum absolute atomic E-state index is 13.9. The van der Waals surface area contributed by atoms with Crippen LogP contribution < -0.4 is 0 Å². The van der Waals surface area contributed by atoms with Crippen molar-refractivity contribution in [1.82, 2.24) is 0 Å². The first kappa shape index (κ1) is 21.2. The van der Waals surface area contributed by atoms with Gasteiger partial charge in [-0.25, -0.2) is 13.2 Å². The van der Waals surface area contributed by atoms with Gasteiger partial charge in [-0.05, 0) is 49.8 Å². The fourth-order valence-electron chi connectivity index (χ4n) is 5.25. The average molecular weight is 396 g/mol. The first-order valence-electron chi connectivity index (χ1n) is 10.7. The normalized spacial score (nSPS) is 21.3. The Bertz CT molecular complexity index is 661. The van der Waals surface area contributed by atoms with E-state index in [2.05, 4.69) is 6.92 Å². The van der Waals surface area contributed by atoms with E-state index in [9.17, 15) is 18.0 Å². The molecule has 2 saturated carbocycles. The van der Waals surface area contributed by atoms with Crippen LogP contribution in [0.15, 0.2) is 12.1 Å². The Morgan fingerprint density at radius 2 is 1.46 bits per heavy atom. The third kappa shape index (κ3) is 4.23. The second kappa shape index (κ2) is 8.87. The van der Waals surface area contributed by atoms with Gasteiger partial charge >= 0.3 is 5.97 Å². The van der Waals surface area contributed by atoms with Crippen molar-refractivity contribution >= 4 is 5.97 Å². The van der Waals surface area contributed by atoms with Crippen molar-refractivity contribution in [2.75, 3.05) is 6.61 Å². The first-order valence-corrected chi connectivity index (χ1v) is 10.7. The van der Waals surface area contributed by atoms with Crippen LogP contribution in [-0.2, 0) is 14.9 Å². The molecule has 2 nitrogen and oxygen atoms in total. The second-order valence-electron chi connectivity index (χ2n) is 8.78. The molecule has 0 amide bonds. The minimum absolute atomic E-state index is 0.0256. The average Bonchev–Trinajstić information content (AvgIpc) is 2.71. The Morgan fingerprint density at radius 3 is 2.00 bits per heavy atom. The van der Waals surface area contributed by atoms with E-state index in [-0.39, 0.29) is 11.0 Å². The molecule has 1 aromatic rings. The highest BCUT2D eigenvalue weighted by molar-refractivity contribution is 5.83. The maximum atomic E-state index is 13.9. The Morgan fingerprint density at radius 1 is 0.929 bits per heavy atom. The molecule has 0 saturated heterocycles. The predicted molar refractivity (Wildman–Crippen MR) is 102 cm³/mol. The van der Waals surface area contributed by atoms with Gasteiger partial charge in [-0.15, -0.1) is 0 Å². The molecular formula is C23H31F3O2. The van der Waals surface area contributed by atoms with E-state index in [1.165, 1.54) is 6.42 Å². The van der Waals surface area contributed by atoms with E-state index < -0.39 is 28.8 Å². The number of esters is 1. The zero-order valence-corrected chi connectivity index (χ0v) is 16.8. The van der Waals surface area contributed by atoms with Gasteiger partial charge in [-0.3, -0.25) is 4.79 Å². The molecule has 156 valence electrons. The summed E-state index contributed by atoms with van der Waals surface area (Å²) in [5.74, 6) is -4.39. The molecule has 0 bridgehead atoms. The molecule has 0 heterocycles. The van der Waals surface area contributed by atoms with Crippen molar-refractivity contribution in [2.24, 2.45) is 5.41 Å². The Kier molecular flexibility index (Phi) is 6.72. The summed E-state index contributed by atoms with van der Waals surface area (Å²) in [6.07, 6.45) is 11.2. The van der Waals surface area contributed by atoms with Gasteiger partial charge in [0, 0.05) is 5.41 Å². The highest BCUT2D eigenvalue weighted by Gasteiger charge is 2.44. The maximum Gasteiger partial charge on any atom is 0.316 e. The largest absolute Gasteiger partial charge is 0.464 e. The van der Waals surface area contributed by atoms with Gasteiger partial charge in [0.2, 0.25) is 0 Å². The fourth-order valence-corrected chi connectivity index (χ4v) is 5.25. The minimum Gasteiger partial charge on any atom is -0.464 e. The van der Waals surface area contributed by atoms with Crippen LogP contribution in [0.3, 0.4) is 0 Å². The molecule has 5 heteroatoms. The topological polar surface area (TPSA) is 26.3 Å². The molecule has 2 aliphatic rings. The molecule has 1 aromatic carbocycles. The molecule has 2 fully saturated rings. The van der Waals surface area contributed by atoms with Crippen LogP contribution in [0.4, 0.5) is 13.2 Å². The lowest BCUT2D eigenvalue weighted by molar-refractivity contribution is -0.157. The van der Waals surface area contributed by atoms with E-state index in [1.54, 1.807) is 0 Å². The number of rotatable bonds is 6. The number of benzene rings is 1. The number of hydrogen-bond acceptors (Lipinski definition) is 2. The molecule has 2 aliphatic carbocycles. The molecule has 0 aliphatic heterocycles. The third-order valence-corrected chi connectivity index (χ3v) is 6.84. The van der Waals surface area contributed by atoms with E-state index in [4.69, 9.17) is 4.74 Å². The van der Waals surface area contributed by atoms with Crippen LogP contribution in [0, 0.1) is 22.9 Å². The Labute approximate surface area is 165 Å². The number of carbonyl (C=O) groups is 1. The lowest BCUT2D eigenvalue weighted by atomic mass is 9.69. The molecule has 0 radical (unpaired) electrons. The van der Waals surface area contributed by atoms with Crippen LogP contribution in [0.2, 0.25) is 0 Å². The first-order chi connectivity index (χ1) is 13.4. The molecule has 0 atom stereocenters. The molecule has 0 unspecified atom stereocenters. The number of halogens is 3. The number of hydrogen-bond donors (Lipinski definition) is 0. The molecular weight excluding hydrogens is 365 g/mol. The van der Waals surface area contributed by atoms with Gasteiger partial charge in [0.1, 0.15) is 0 Å². The lowest BCUT2D eigenvalue weighted by Gasteiger charge is -2.40.